The summed E-state index contributed by atoms with van der Waals surface area (Å²) in [6, 6.07) is 2.20. The second kappa shape index (κ2) is 7.29. The minimum Gasteiger partial charge on any atom is -0.315 e. The lowest BCUT2D eigenvalue weighted by molar-refractivity contribution is 0.0775. The lowest BCUT2D eigenvalue weighted by atomic mass is 9.94. The van der Waals surface area contributed by atoms with Crippen LogP contribution in [0.2, 0.25) is 0 Å². The van der Waals surface area contributed by atoms with Gasteiger partial charge >= 0.3 is 0 Å². The Bertz CT molecular complexity index is 182. The quantitative estimate of drug-likeness (QED) is 0.749. The van der Waals surface area contributed by atoms with Crippen molar-refractivity contribution in [2.45, 2.75) is 77.4 Å². The van der Waals surface area contributed by atoms with Crippen LogP contribution < -0.4 is 5.32 Å². The fourth-order valence-corrected chi connectivity index (χ4v) is 3.20. The highest BCUT2D eigenvalue weighted by atomic mass is 15.2. The Labute approximate surface area is 102 Å². The van der Waals surface area contributed by atoms with E-state index in [1.54, 1.807) is 0 Å². The van der Waals surface area contributed by atoms with E-state index in [4.69, 9.17) is 0 Å². The van der Waals surface area contributed by atoms with Crippen molar-refractivity contribution in [1.82, 2.24) is 10.2 Å². The molecule has 0 radical (unpaired) electrons. The maximum Gasteiger partial charge on any atom is 0.0249 e. The normalized spacial score (nSPS) is 26.6. The SMILES string of the molecule is CCCC(NC)C(CC)N1CCCCC1C. The summed E-state index contributed by atoms with van der Waals surface area (Å²) in [6.45, 7) is 8.34. The lowest BCUT2D eigenvalue weighted by Gasteiger charge is -2.43. The molecule has 0 bridgehead atoms. The standard InChI is InChI=1S/C14H30N2/c1-5-9-13(15-4)14(6-2)16-11-8-7-10-12(16)3/h12-15H,5-11H2,1-4H3. The van der Waals surface area contributed by atoms with Gasteiger partial charge in [-0.1, -0.05) is 26.7 Å². The third-order valence-corrected chi connectivity index (χ3v) is 4.13. The maximum atomic E-state index is 3.53. The third kappa shape index (κ3) is 3.46. The average Bonchev–Trinajstić information content (AvgIpc) is 2.31. The van der Waals surface area contributed by atoms with Crippen LogP contribution >= 0.6 is 0 Å². The molecule has 1 saturated heterocycles. The summed E-state index contributed by atoms with van der Waals surface area (Å²) in [4.78, 5) is 2.75. The van der Waals surface area contributed by atoms with Gasteiger partial charge in [0.25, 0.3) is 0 Å². The Morgan fingerprint density at radius 1 is 1.31 bits per heavy atom. The Balaban J connectivity index is 2.62. The predicted molar refractivity (Wildman–Crippen MR) is 71.9 cm³/mol. The van der Waals surface area contributed by atoms with Crippen molar-refractivity contribution in [1.29, 1.82) is 0 Å². The van der Waals surface area contributed by atoms with Crippen LogP contribution in [0.3, 0.4) is 0 Å². The molecule has 1 aliphatic heterocycles. The first kappa shape index (κ1) is 14.0. The number of likely N-dealkylation sites (tertiary alicyclic amines) is 1. The van der Waals surface area contributed by atoms with Crippen molar-refractivity contribution >= 4 is 0 Å². The van der Waals surface area contributed by atoms with Crippen molar-refractivity contribution in [2.24, 2.45) is 0 Å². The highest BCUT2D eigenvalue weighted by Crippen LogP contribution is 2.23. The van der Waals surface area contributed by atoms with Crippen molar-refractivity contribution in [3.05, 3.63) is 0 Å². The number of hydrogen-bond donors (Lipinski definition) is 1. The van der Waals surface area contributed by atoms with E-state index in [1.165, 1.54) is 45.1 Å². The van der Waals surface area contributed by atoms with Gasteiger partial charge in [-0.15, -0.1) is 0 Å². The molecule has 16 heavy (non-hydrogen) atoms. The second-order valence-corrected chi connectivity index (χ2v) is 5.24. The van der Waals surface area contributed by atoms with Crippen molar-refractivity contribution in [3.8, 4) is 0 Å². The van der Waals surface area contributed by atoms with Gasteiger partial charge in [0.2, 0.25) is 0 Å². The van der Waals surface area contributed by atoms with E-state index in [2.05, 4.69) is 38.0 Å². The molecule has 0 aromatic carbocycles. The van der Waals surface area contributed by atoms with Gasteiger partial charge in [-0.3, -0.25) is 4.90 Å². The molecule has 0 aromatic heterocycles. The van der Waals surface area contributed by atoms with E-state index in [-0.39, 0.29) is 0 Å². The molecule has 1 aliphatic rings. The molecule has 0 aromatic rings. The third-order valence-electron chi connectivity index (χ3n) is 4.13. The van der Waals surface area contributed by atoms with Crippen molar-refractivity contribution < 1.29 is 0 Å². The molecule has 1 heterocycles. The maximum absolute atomic E-state index is 3.53. The Kier molecular flexibility index (Phi) is 6.37. The molecule has 1 rings (SSSR count). The van der Waals surface area contributed by atoms with Gasteiger partial charge in [-0.05, 0) is 46.2 Å². The van der Waals surface area contributed by atoms with Crippen molar-refractivity contribution in [3.63, 3.8) is 0 Å². The molecular weight excluding hydrogens is 196 g/mol. The van der Waals surface area contributed by atoms with E-state index >= 15 is 0 Å². The molecule has 1 fully saturated rings. The van der Waals surface area contributed by atoms with Crippen LogP contribution in [0, 0.1) is 0 Å². The summed E-state index contributed by atoms with van der Waals surface area (Å²) < 4.78 is 0. The van der Waals surface area contributed by atoms with Gasteiger partial charge in [-0.25, -0.2) is 0 Å². The fraction of sp³-hybridized carbons (Fsp3) is 1.00. The van der Waals surface area contributed by atoms with E-state index in [9.17, 15) is 0 Å². The van der Waals surface area contributed by atoms with Crippen LogP contribution in [-0.2, 0) is 0 Å². The van der Waals surface area contributed by atoms with Crippen molar-refractivity contribution in [2.75, 3.05) is 13.6 Å². The van der Waals surface area contributed by atoms with E-state index in [0.29, 0.717) is 6.04 Å². The minimum atomic E-state index is 0.676. The zero-order valence-corrected chi connectivity index (χ0v) is 11.6. The lowest BCUT2D eigenvalue weighted by Crippen LogP contribution is -2.53. The topological polar surface area (TPSA) is 15.3 Å². The minimum absolute atomic E-state index is 0.676. The average molecular weight is 226 g/mol. The summed E-state index contributed by atoms with van der Waals surface area (Å²) in [6.07, 6.45) is 8.06. The fourth-order valence-electron chi connectivity index (χ4n) is 3.20. The molecule has 0 spiro atoms. The highest BCUT2D eigenvalue weighted by molar-refractivity contribution is 4.87. The number of likely N-dealkylation sites (N-methyl/N-ethyl adjacent to an activating group) is 1. The smallest absolute Gasteiger partial charge is 0.0249 e. The Morgan fingerprint density at radius 3 is 2.56 bits per heavy atom. The van der Waals surface area contributed by atoms with Gasteiger partial charge in [-0.2, -0.15) is 0 Å². The van der Waals surface area contributed by atoms with Gasteiger partial charge in [0, 0.05) is 18.1 Å². The number of rotatable bonds is 6. The molecular formula is C14H30N2. The first-order chi connectivity index (χ1) is 7.74. The highest BCUT2D eigenvalue weighted by Gasteiger charge is 2.29. The van der Waals surface area contributed by atoms with Crippen LogP contribution in [0.1, 0.15) is 59.3 Å². The molecule has 3 atom stereocenters. The van der Waals surface area contributed by atoms with Gasteiger partial charge < -0.3 is 5.32 Å². The molecule has 3 unspecified atom stereocenters. The van der Waals surface area contributed by atoms with Gasteiger partial charge in [0.05, 0.1) is 0 Å². The van der Waals surface area contributed by atoms with Gasteiger partial charge in [0.1, 0.15) is 0 Å². The van der Waals surface area contributed by atoms with E-state index in [1.807, 2.05) is 0 Å². The largest absolute Gasteiger partial charge is 0.315 e. The number of nitrogens with one attached hydrogen (secondary N) is 1. The van der Waals surface area contributed by atoms with Crippen LogP contribution in [0.4, 0.5) is 0 Å². The summed E-state index contributed by atoms with van der Waals surface area (Å²) in [5.41, 5.74) is 0. The molecule has 0 amide bonds. The van der Waals surface area contributed by atoms with E-state index < -0.39 is 0 Å². The number of piperidine rings is 1. The number of hydrogen-bond acceptors (Lipinski definition) is 2. The molecule has 1 N–H and O–H groups in total. The van der Waals surface area contributed by atoms with Crippen LogP contribution in [-0.4, -0.2) is 36.6 Å². The first-order valence-electron chi connectivity index (χ1n) is 7.17. The van der Waals surface area contributed by atoms with Crippen LogP contribution in [0.25, 0.3) is 0 Å². The Hall–Kier alpha value is -0.0800. The summed E-state index contributed by atoms with van der Waals surface area (Å²) in [5, 5.41) is 3.53. The monoisotopic (exact) mass is 226 g/mol. The van der Waals surface area contributed by atoms with Crippen LogP contribution in [0.15, 0.2) is 0 Å². The molecule has 2 heteroatoms. The zero-order chi connectivity index (χ0) is 12.0. The molecule has 2 nitrogen and oxygen atoms in total. The molecule has 96 valence electrons. The van der Waals surface area contributed by atoms with Gasteiger partial charge in [0.15, 0.2) is 0 Å². The molecule has 0 saturated carbocycles. The number of nitrogens with zero attached hydrogens (tertiary/aromatic N) is 1. The molecule has 0 aliphatic carbocycles. The second-order valence-electron chi connectivity index (χ2n) is 5.24. The summed E-state index contributed by atoms with van der Waals surface area (Å²) in [5.74, 6) is 0. The zero-order valence-electron chi connectivity index (χ0n) is 11.6. The Morgan fingerprint density at radius 2 is 2.06 bits per heavy atom. The summed E-state index contributed by atoms with van der Waals surface area (Å²) in [7, 11) is 2.12. The summed E-state index contributed by atoms with van der Waals surface area (Å²) >= 11 is 0. The predicted octanol–water partition coefficient (Wildman–Crippen LogP) is 3.03. The van der Waals surface area contributed by atoms with E-state index in [0.717, 1.165) is 12.1 Å². The first-order valence-corrected chi connectivity index (χ1v) is 7.17. The van der Waals surface area contributed by atoms with Crippen LogP contribution in [0.5, 0.6) is 0 Å².